The standard InChI is InChI=1S/C16H33NO/c1-3-4-5-6-7-10-15(18)16(13-17)11-8-9-14(2)12-16/h14-15,18H,3-13,17H2,1-2H3. The molecule has 3 unspecified atom stereocenters. The zero-order chi connectivity index (χ0) is 13.4. The van der Waals surface area contributed by atoms with Crippen LogP contribution in [0.15, 0.2) is 0 Å². The summed E-state index contributed by atoms with van der Waals surface area (Å²) < 4.78 is 0. The maximum atomic E-state index is 10.5. The minimum Gasteiger partial charge on any atom is -0.393 e. The summed E-state index contributed by atoms with van der Waals surface area (Å²) in [5.74, 6) is 0.733. The van der Waals surface area contributed by atoms with E-state index >= 15 is 0 Å². The van der Waals surface area contributed by atoms with Crippen molar-refractivity contribution in [3.05, 3.63) is 0 Å². The van der Waals surface area contributed by atoms with Crippen LogP contribution in [0.3, 0.4) is 0 Å². The lowest BCUT2D eigenvalue weighted by Crippen LogP contribution is -2.45. The van der Waals surface area contributed by atoms with Gasteiger partial charge in [0.2, 0.25) is 0 Å². The van der Waals surface area contributed by atoms with Crippen molar-refractivity contribution < 1.29 is 5.11 Å². The predicted octanol–water partition coefficient (Wildman–Crippen LogP) is 3.86. The Balaban J connectivity index is 2.34. The molecular weight excluding hydrogens is 222 g/mol. The van der Waals surface area contributed by atoms with Crippen LogP contribution < -0.4 is 5.73 Å². The highest BCUT2D eigenvalue weighted by Gasteiger charge is 2.39. The summed E-state index contributed by atoms with van der Waals surface area (Å²) in [6, 6.07) is 0. The molecule has 0 bridgehead atoms. The van der Waals surface area contributed by atoms with Crippen molar-refractivity contribution >= 4 is 0 Å². The second-order valence-electron chi connectivity index (χ2n) is 6.49. The van der Waals surface area contributed by atoms with Crippen LogP contribution in [-0.4, -0.2) is 17.8 Å². The Labute approximate surface area is 113 Å². The van der Waals surface area contributed by atoms with E-state index in [0.717, 1.165) is 31.6 Å². The van der Waals surface area contributed by atoms with Crippen LogP contribution in [0.25, 0.3) is 0 Å². The zero-order valence-electron chi connectivity index (χ0n) is 12.5. The van der Waals surface area contributed by atoms with Gasteiger partial charge in [0.25, 0.3) is 0 Å². The minimum atomic E-state index is -0.174. The fourth-order valence-electron chi connectivity index (χ4n) is 3.57. The maximum absolute atomic E-state index is 10.5. The van der Waals surface area contributed by atoms with Crippen molar-refractivity contribution in [2.45, 2.75) is 84.2 Å². The number of aliphatic hydroxyl groups is 1. The molecule has 0 amide bonds. The number of hydrogen-bond acceptors (Lipinski definition) is 2. The van der Waals surface area contributed by atoms with Gasteiger partial charge in [0, 0.05) is 12.0 Å². The van der Waals surface area contributed by atoms with Gasteiger partial charge in [-0.05, 0) is 25.2 Å². The van der Waals surface area contributed by atoms with E-state index in [0.29, 0.717) is 6.54 Å². The third-order valence-electron chi connectivity index (χ3n) is 4.82. The fourth-order valence-corrected chi connectivity index (χ4v) is 3.57. The summed E-state index contributed by atoms with van der Waals surface area (Å²) in [7, 11) is 0. The molecule has 3 atom stereocenters. The molecule has 3 N–H and O–H groups in total. The topological polar surface area (TPSA) is 46.2 Å². The van der Waals surface area contributed by atoms with E-state index in [4.69, 9.17) is 5.73 Å². The molecule has 0 aromatic rings. The number of rotatable bonds is 8. The van der Waals surface area contributed by atoms with Crippen LogP contribution >= 0.6 is 0 Å². The lowest BCUT2D eigenvalue weighted by molar-refractivity contribution is -0.0173. The third kappa shape index (κ3) is 4.55. The molecule has 18 heavy (non-hydrogen) atoms. The number of unbranched alkanes of at least 4 members (excludes halogenated alkanes) is 4. The molecule has 1 fully saturated rings. The molecule has 0 spiro atoms. The van der Waals surface area contributed by atoms with Gasteiger partial charge in [-0.25, -0.2) is 0 Å². The van der Waals surface area contributed by atoms with E-state index in [1.165, 1.54) is 38.5 Å². The molecule has 0 aromatic heterocycles. The monoisotopic (exact) mass is 255 g/mol. The van der Waals surface area contributed by atoms with Crippen molar-refractivity contribution in [1.29, 1.82) is 0 Å². The van der Waals surface area contributed by atoms with E-state index in [9.17, 15) is 5.11 Å². The smallest absolute Gasteiger partial charge is 0.0608 e. The molecule has 0 heterocycles. The predicted molar refractivity (Wildman–Crippen MR) is 78.5 cm³/mol. The van der Waals surface area contributed by atoms with E-state index in [2.05, 4.69) is 13.8 Å². The SMILES string of the molecule is CCCCCCCC(O)C1(CN)CCCC(C)C1. The molecule has 1 saturated carbocycles. The van der Waals surface area contributed by atoms with E-state index in [-0.39, 0.29) is 11.5 Å². The fraction of sp³-hybridized carbons (Fsp3) is 1.00. The Hall–Kier alpha value is -0.0800. The summed E-state index contributed by atoms with van der Waals surface area (Å²) in [6.45, 7) is 5.20. The van der Waals surface area contributed by atoms with Crippen molar-refractivity contribution in [2.75, 3.05) is 6.54 Å². The Morgan fingerprint density at radius 2 is 2.00 bits per heavy atom. The molecule has 0 saturated heterocycles. The van der Waals surface area contributed by atoms with Gasteiger partial charge >= 0.3 is 0 Å². The minimum absolute atomic E-state index is 0.0302. The first-order valence-electron chi connectivity index (χ1n) is 8.02. The van der Waals surface area contributed by atoms with Crippen molar-refractivity contribution in [2.24, 2.45) is 17.1 Å². The highest BCUT2D eigenvalue weighted by Crippen LogP contribution is 2.42. The summed E-state index contributed by atoms with van der Waals surface area (Å²) in [5.41, 5.74) is 6.02. The maximum Gasteiger partial charge on any atom is 0.0608 e. The Bertz CT molecular complexity index is 219. The lowest BCUT2D eigenvalue weighted by atomic mass is 9.66. The molecule has 2 heteroatoms. The van der Waals surface area contributed by atoms with Crippen LogP contribution in [0.5, 0.6) is 0 Å². The lowest BCUT2D eigenvalue weighted by Gasteiger charge is -2.43. The van der Waals surface area contributed by atoms with Gasteiger partial charge in [0.1, 0.15) is 0 Å². The first-order valence-corrected chi connectivity index (χ1v) is 8.02. The largest absolute Gasteiger partial charge is 0.393 e. The first-order chi connectivity index (χ1) is 8.64. The molecular formula is C16H33NO. The zero-order valence-corrected chi connectivity index (χ0v) is 12.5. The second kappa shape index (κ2) is 8.16. The average Bonchev–Trinajstić information content (AvgIpc) is 2.38. The van der Waals surface area contributed by atoms with Gasteiger partial charge < -0.3 is 10.8 Å². The second-order valence-corrected chi connectivity index (χ2v) is 6.49. The Morgan fingerprint density at radius 3 is 2.61 bits per heavy atom. The number of hydrogen-bond donors (Lipinski definition) is 2. The van der Waals surface area contributed by atoms with Crippen molar-refractivity contribution in [1.82, 2.24) is 0 Å². The van der Waals surface area contributed by atoms with Crippen molar-refractivity contribution in [3.63, 3.8) is 0 Å². The molecule has 1 aliphatic rings. The van der Waals surface area contributed by atoms with Gasteiger partial charge in [-0.15, -0.1) is 0 Å². The van der Waals surface area contributed by atoms with Gasteiger partial charge in [-0.1, -0.05) is 58.8 Å². The normalized spacial score (nSPS) is 30.3. The Morgan fingerprint density at radius 1 is 1.28 bits per heavy atom. The Kier molecular flexibility index (Phi) is 7.25. The average molecular weight is 255 g/mol. The first kappa shape index (κ1) is 16.0. The van der Waals surface area contributed by atoms with Crippen LogP contribution in [-0.2, 0) is 0 Å². The van der Waals surface area contributed by atoms with E-state index in [1.807, 2.05) is 0 Å². The van der Waals surface area contributed by atoms with Gasteiger partial charge in [-0.2, -0.15) is 0 Å². The summed E-state index contributed by atoms with van der Waals surface area (Å²) in [6.07, 6.45) is 11.9. The molecule has 0 radical (unpaired) electrons. The number of nitrogens with two attached hydrogens (primary N) is 1. The number of aliphatic hydroxyl groups excluding tert-OH is 1. The molecule has 2 nitrogen and oxygen atoms in total. The van der Waals surface area contributed by atoms with Gasteiger partial charge in [0.05, 0.1) is 6.10 Å². The van der Waals surface area contributed by atoms with Crippen LogP contribution in [0, 0.1) is 11.3 Å². The third-order valence-corrected chi connectivity index (χ3v) is 4.82. The van der Waals surface area contributed by atoms with Gasteiger partial charge in [0.15, 0.2) is 0 Å². The molecule has 1 rings (SSSR count). The summed E-state index contributed by atoms with van der Waals surface area (Å²) >= 11 is 0. The van der Waals surface area contributed by atoms with Gasteiger partial charge in [-0.3, -0.25) is 0 Å². The van der Waals surface area contributed by atoms with Crippen LogP contribution in [0.4, 0.5) is 0 Å². The molecule has 0 aliphatic heterocycles. The van der Waals surface area contributed by atoms with Crippen molar-refractivity contribution in [3.8, 4) is 0 Å². The van der Waals surface area contributed by atoms with E-state index in [1.54, 1.807) is 0 Å². The summed E-state index contributed by atoms with van der Waals surface area (Å²) in [4.78, 5) is 0. The van der Waals surface area contributed by atoms with Crippen LogP contribution in [0.1, 0.15) is 78.1 Å². The van der Waals surface area contributed by atoms with Crippen LogP contribution in [0.2, 0.25) is 0 Å². The quantitative estimate of drug-likeness (QED) is 0.647. The molecule has 0 aromatic carbocycles. The molecule has 1 aliphatic carbocycles. The highest BCUT2D eigenvalue weighted by molar-refractivity contribution is 4.91. The van der Waals surface area contributed by atoms with E-state index < -0.39 is 0 Å². The highest BCUT2D eigenvalue weighted by atomic mass is 16.3. The summed E-state index contributed by atoms with van der Waals surface area (Å²) in [5, 5.41) is 10.5. The molecule has 108 valence electrons.